The van der Waals surface area contributed by atoms with Gasteiger partial charge in [-0.3, -0.25) is 0 Å². The van der Waals surface area contributed by atoms with Gasteiger partial charge in [0.15, 0.2) is 0 Å². The van der Waals surface area contributed by atoms with E-state index < -0.39 is 28.7 Å². The highest BCUT2D eigenvalue weighted by Crippen LogP contribution is 2.24. The van der Waals surface area contributed by atoms with Gasteiger partial charge in [-0.05, 0) is 37.7 Å². The second-order valence-electron chi connectivity index (χ2n) is 4.63. The normalized spacial score (nSPS) is 14.2. The molecular formula is C12H16ClF3N2O2S. The maximum Gasteiger partial charge on any atom is 0.390 e. The molecule has 1 aromatic rings. The highest BCUT2D eigenvalue weighted by atomic mass is 35.5. The number of rotatable bonds is 6. The van der Waals surface area contributed by atoms with Crippen LogP contribution in [-0.2, 0) is 16.6 Å². The third-order valence-electron chi connectivity index (χ3n) is 2.59. The Labute approximate surface area is 126 Å². The number of alkyl halides is 3. The van der Waals surface area contributed by atoms with Crippen LogP contribution in [0.2, 0.25) is 5.02 Å². The van der Waals surface area contributed by atoms with Crippen molar-refractivity contribution in [2.75, 3.05) is 7.05 Å². The van der Waals surface area contributed by atoms with Gasteiger partial charge in [-0.2, -0.15) is 13.2 Å². The van der Waals surface area contributed by atoms with Crippen molar-refractivity contribution in [2.45, 2.75) is 37.0 Å². The Kier molecular flexibility index (Phi) is 6.03. The van der Waals surface area contributed by atoms with Crippen molar-refractivity contribution in [3.8, 4) is 0 Å². The van der Waals surface area contributed by atoms with Gasteiger partial charge < -0.3 is 5.32 Å². The molecule has 2 N–H and O–H groups in total. The zero-order chi connectivity index (χ0) is 16.3. The minimum Gasteiger partial charge on any atom is -0.316 e. The molecule has 0 bridgehead atoms. The van der Waals surface area contributed by atoms with Crippen molar-refractivity contribution in [2.24, 2.45) is 0 Å². The smallest absolute Gasteiger partial charge is 0.316 e. The summed E-state index contributed by atoms with van der Waals surface area (Å²) in [6, 6.07) is 2.74. The predicted octanol–water partition coefficient (Wildman–Crippen LogP) is 2.68. The lowest BCUT2D eigenvalue weighted by Gasteiger charge is -2.16. The van der Waals surface area contributed by atoms with Gasteiger partial charge in [-0.15, -0.1) is 0 Å². The van der Waals surface area contributed by atoms with Gasteiger partial charge in [0, 0.05) is 17.6 Å². The van der Waals surface area contributed by atoms with E-state index in [1.165, 1.54) is 18.2 Å². The first-order valence-electron chi connectivity index (χ1n) is 6.07. The molecular weight excluding hydrogens is 329 g/mol. The average Bonchev–Trinajstić information content (AvgIpc) is 2.28. The molecule has 0 fully saturated rings. The van der Waals surface area contributed by atoms with Crippen molar-refractivity contribution >= 4 is 21.6 Å². The van der Waals surface area contributed by atoms with Crippen LogP contribution in [0.5, 0.6) is 0 Å². The molecule has 4 nitrogen and oxygen atoms in total. The van der Waals surface area contributed by atoms with E-state index >= 15 is 0 Å². The summed E-state index contributed by atoms with van der Waals surface area (Å²) in [4.78, 5) is -0.119. The summed E-state index contributed by atoms with van der Waals surface area (Å²) in [7, 11) is -2.36. The predicted molar refractivity (Wildman–Crippen MR) is 74.7 cm³/mol. The van der Waals surface area contributed by atoms with Crippen LogP contribution < -0.4 is 10.0 Å². The van der Waals surface area contributed by atoms with E-state index in [4.69, 9.17) is 11.6 Å². The van der Waals surface area contributed by atoms with E-state index in [2.05, 4.69) is 5.32 Å². The zero-order valence-corrected chi connectivity index (χ0v) is 13.0. The zero-order valence-electron chi connectivity index (χ0n) is 11.5. The topological polar surface area (TPSA) is 58.2 Å². The number of benzene rings is 1. The Morgan fingerprint density at radius 2 is 1.95 bits per heavy atom. The first-order chi connectivity index (χ1) is 9.55. The second-order valence-corrected chi connectivity index (χ2v) is 6.75. The lowest BCUT2D eigenvalue weighted by molar-refractivity contribution is -0.137. The van der Waals surface area contributed by atoms with Crippen molar-refractivity contribution in [3.63, 3.8) is 0 Å². The molecule has 0 saturated carbocycles. The van der Waals surface area contributed by atoms with Crippen LogP contribution in [0, 0.1) is 0 Å². The van der Waals surface area contributed by atoms with Gasteiger partial charge in [0.25, 0.3) is 0 Å². The lowest BCUT2D eigenvalue weighted by Crippen LogP contribution is -2.36. The second kappa shape index (κ2) is 6.95. The SMILES string of the molecule is CNCc1cc(S(=O)(=O)NC(C)CC(F)(F)F)ccc1Cl. The summed E-state index contributed by atoms with van der Waals surface area (Å²) in [5.74, 6) is 0. The van der Waals surface area contributed by atoms with Crippen molar-refractivity contribution in [1.82, 2.24) is 10.0 Å². The molecule has 21 heavy (non-hydrogen) atoms. The van der Waals surface area contributed by atoms with Crippen LogP contribution >= 0.6 is 11.6 Å². The Hall–Kier alpha value is -0.830. The van der Waals surface area contributed by atoms with Crippen LogP contribution in [-0.4, -0.2) is 27.7 Å². The number of hydrogen-bond donors (Lipinski definition) is 2. The Bertz CT molecular complexity index is 591. The summed E-state index contributed by atoms with van der Waals surface area (Å²) in [5.41, 5.74) is 0.547. The Morgan fingerprint density at radius 3 is 2.48 bits per heavy atom. The van der Waals surface area contributed by atoms with Crippen LogP contribution in [0.15, 0.2) is 23.1 Å². The molecule has 0 amide bonds. The van der Waals surface area contributed by atoms with E-state index in [0.717, 1.165) is 6.92 Å². The van der Waals surface area contributed by atoms with E-state index in [9.17, 15) is 21.6 Å². The molecule has 1 atom stereocenters. The van der Waals surface area contributed by atoms with E-state index in [1.807, 2.05) is 4.72 Å². The third-order valence-corrected chi connectivity index (χ3v) is 4.54. The minimum atomic E-state index is -4.43. The van der Waals surface area contributed by atoms with Crippen molar-refractivity contribution < 1.29 is 21.6 Å². The van der Waals surface area contributed by atoms with Gasteiger partial charge in [0.05, 0.1) is 11.3 Å². The maximum absolute atomic E-state index is 12.2. The molecule has 0 aliphatic carbocycles. The highest BCUT2D eigenvalue weighted by Gasteiger charge is 2.32. The third kappa shape index (κ3) is 5.82. The van der Waals surface area contributed by atoms with Crippen LogP contribution in [0.3, 0.4) is 0 Å². The van der Waals surface area contributed by atoms with Crippen LogP contribution in [0.1, 0.15) is 18.9 Å². The maximum atomic E-state index is 12.2. The molecule has 0 aliphatic heterocycles. The fraction of sp³-hybridized carbons (Fsp3) is 0.500. The number of hydrogen-bond acceptors (Lipinski definition) is 3. The summed E-state index contributed by atoms with van der Waals surface area (Å²) in [6.07, 6.45) is -5.66. The van der Waals surface area contributed by atoms with E-state index in [0.29, 0.717) is 17.1 Å². The van der Waals surface area contributed by atoms with Crippen molar-refractivity contribution in [1.29, 1.82) is 0 Å². The number of halogens is 4. The standard InChI is InChI=1S/C12H16ClF3N2O2S/c1-8(6-12(14,15)16)18-21(19,20)10-3-4-11(13)9(5-10)7-17-2/h3-5,8,17-18H,6-7H2,1-2H3. The van der Waals surface area contributed by atoms with Gasteiger partial charge in [0.2, 0.25) is 10.0 Å². The molecule has 0 aromatic heterocycles. The molecule has 0 radical (unpaired) electrons. The van der Waals surface area contributed by atoms with Crippen molar-refractivity contribution in [3.05, 3.63) is 28.8 Å². The molecule has 0 heterocycles. The summed E-state index contributed by atoms with van der Waals surface area (Å²) >= 11 is 5.91. The monoisotopic (exact) mass is 344 g/mol. The first kappa shape index (κ1) is 18.2. The molecule has 0 spiro atoms. The molecule has 0 saturated heterocycles. The summed E-state index contributed by atoms with van der Waals surface area (Å²) in [5, 5.41) is 3.21. The fourth-order valence-corrected chi connectivity index (χ4v) is 3.24. The largest absolute Gasteiger partial charge is 0.390 e. The van der Waals surface area contributed by atoms with Crippen LogP contribution in [0.4, 0.5) is 13.2 Å². The number of nitrogens with one attached hydrogen (secondary N) is 2. The average molecular weight is 345 g/mol. The Morgan fingerprint density at radius 1 is 1.33 bits per heavy atom. The van der Waals surface area contributed by atoms with Gasteiger partial charge >= 0.3 is 6.18 Å². The van der Waals surface area contributed by atoms with Gasteiger partial charge in [0.1, 0.15) is 0 Å². The molecule has 1 rings (SSSR count). The molecule has 1 aromatic carbocycles. The molecule has 9 heteroatoms. The summed E-state index contributed by atoms with van der Waals surface area (Å²) in [6.45, 7) is 1.51. The fourth-order valence-electron chi connectivity index (χ4n) is 1.77. The van der Waals surface area contributed by atoms with Gasteiger partial charge in [-0.1, -0.05) is 11.6 Å². The molecule has 0 aliphatic rings. The summed E-state index contributed by atoms with van der Waals surface area (Å²) < 4.78 is 62.8. The lowest BCUT2D eigenvalue weighted by atomic mass is 10.2. The van der Waals surface area contributed by atoms with Gasteiger partial charge in [-0.25, -0.2) is 13.1 Å². The molecule has 1 unspecified atom stereocenters. The first-order valence-corrected chi connectivity index (χ1v) is 7.93. The quantitative estimate of drug-likeness (QED) is 0.834. The van der Waals surface area contributed by atoms with Crippen LogP contribution in [0.25, 0.3) is 0 Å². The van der Waals surface area contributed by atoms with E-state index in [1.54, 1.807) is 7.05 Å². The van der Waals surface area contributed by atoms with E-state index in [-0.39, 0.29) is 4.90 Å². The molecule has 120 valence electrons. The highest BCUT2D eigenvalue weighted by molar-refractivity contribution is 7.89. The Balaban J connectivity index is 2.95. The number of sulfonamides is 1. The minimum absolute atomic E-state index is 0.119.